The van der Waals surface area contributed by atoms with Crippen molar-refractivity contribution in [2.24, 2.45) is 0 Å². The van der Waals surface area contributed by atoms with E-state index in [0.717, 1.165) is 22.0 Å². The predicted octanol–water partition coefficient (Wildman–Crippen LogP) is 2.80. The van der Waals surface area contributed by atoms with Crippen molar-refractivity contribution in [2.75, 3.05) is 0 Å². The van der Waals surface area contributed by atoms with E-state index in [1.165, 1.54) is 0 Å². The molecule has 2 N–H and O–H groups in total. The van der Waals surface area contributed by atoms with Gasteiger partial charge in [-0.2, -0.15) is 0 Å². The van der Waals surface area contributed by atoms with Crippen LogP contribution >= 0.6 is 0 Å². The summed E-state index contributed by atoms with van der Waals surface area (Å²) >= 11 is 0. The second-order valence-corrected chi connectivity index (χ2v) is 4.76. The van der Waals surface area contributed by atoms with Gasteiger partial charge in [-0.25, -0.2) is 0 Å². The first kappa shape index (κ1) is 12.4. The van der Waals surface area contributed by atoms with E-state index >= 15 is 0 Å². The summed E-state index contributed by atoms with van der Waals surface area (Å²) in [4.78, 5) is 19.3. The van der Waals surface area contributed by atoms with Gasteiger partial charge in [0, 0.05) is 36.2 Å². The number of rotatable bonds is 3. The number of nitrogens with zero attached hydrogens (tertiary/aromatic N) is 1. The Morgan fingerprint density at radius 2 is 2.20 bits per heavy atom. The second-order valence-electron chi connectivity index (χ2n) is 4.76. The minimum Gasteiger partial charge on any atom is -0.361 e. The lowest BCUT2D eigenvalue weighted by atomic mass is 10.1. The Labute approximate surface area is 116 Å². The molecule has 1 aromatic carbocycles. The molecule has 0 saturated carbocycles. The molecule has 0 aliphatic carbocycles. The maximum Gasteiger partial charge on any atom is 0.251 e. The lowest BCUT2D eigenvalue weighted by Gasteiger charge is -2.07. The molecule has 0 atom stereocenters. The molecule has 20 heavy (non-hydrogen) atoms. The van der Waals surface area contributed by atoms with Crippen LogP contribution in [0.15, 0.2) is 48.9 Å². The summed E-state index contributed by atoms with van der Waals surface area (Å²) in [6, 6.07) is 9.56. The summed E-state index contributed by atoms with van der Waals surface area (Å²) < 4.78 is 0. The number of aromatic amines is 1. The van der Waals surface area contributed by atoms with Crippen LogP contribution in [-0.4, -0.2) is 15.9 Å². The zero-order chi connectivity index (χ0) is 13.9. The summed E-state index contributed by atoms with van der Waals surface area (Å²) in [6.45, 7) is 2.50. The highest BCUT2D eigenvalue weighted by Gasteiger charge is 2.07. The average Bonchev–Trinajstić information content (AvgIpc) is 2.93. The number of hydrogen-bond acceptors (Lipinski definition) is 2. The Hall–Kier alpha value is -2.62. The third-order valence-corrected chi connectivity index (χ3v) is 3.40. The molecule has 2 aromatic heterocycles. The Morgan fingerprint density at radius 1 is 1.30 bits per heavy atom. The molecule has 0 saturated heterocycles. The van der Waals surface area contributed by atoms with Crippen molar-refractivity contribution in [1.82, 2.24) is 15.3 Å². The van der Waals surface area contributed by atoms with Crippen molar-refractivity contribution in [3.05, 3.63) is 65.6 Å². The maximum atomic E-state index is 12.1. The van der Waals surface area contributed by atoms with Gasteiger partial charge in [0.05, 0.1) is 0 Å². The topological polar surface area (TPSA) is 57.8 Å². The first-order valence-electron chi connectivity index (χ1n) is 6.49. The van der Waals surface area contributed by atoms with Gasteiger partial charge < -0.3 is 10.3 Å². The molecule has 1 amide bonds. The smallest absolute Gasteiger partial charge is 0.251 e. The first-order chi connectivity index (χ1) is 9.74. The summed E-state index contributed by atoms with van der Waals surface area (Å²) in [5, 5.41) is 4.02. The number of fused-ring (bicyclic) bond motifs is 1. The number of nitrogens with one attached hydrogen (secondary N) is 2. The highest BCUT2D eigenvalue weighted by atomic mass is 16.1. The van der Waals surface area contributed by atoms with Crippen LogP contribution in [0.5, 0.6) is 0 Å². The first-order valence-corrected chi connectivity index (χ1v) is 6.49. The van der Waals surface area contributed by atoms with Crippen molar-refractivity contribution in [3.8, 4) is 0 Å². The van der Waals surface area contributed by atoms with Crippen LogP contribution in [-0.2, 0) is 6.54 Å². The molecule has 4 heteroatoms. The van der Waals surface area contributed by atoms with Crippen LogP contribution < -0.4 is 5.32 Å². The molecule has 0 radical (unpaired) electrons. The van der Waals surface area contributed by atoms with E-state index in [2.05, 4.69) is 15.3 Å². The fourth-order valence-corrected chi connectivity index (χ4v) is 2.15. The Balaban J connectivity index is 1.74. The van der Waals surface area contributed by atoms with Crippen molar-refractivity contribution in [2.45, 2.75) is 13.5 Å². The monoisotopic (exact) mass is 265 g/mol. The number of carbonyl (C=O) groups excluding carboxylic acids is 1. The van der Waals surface area contributed by atoms with Crippen molar-refractivity contribution in [1.29, 1.82) is 0 Å². The SMILES string of the molecule is Cc1ccncc1CNC(=O)c1ccc2cc[nH]c2c1. The van der Waals surface area contributed by atoms with E-state index in [-0.39, 0.29) is 5.91 Å². The van der Waals surface area contributed by atoms with Gasteiger partial charge >= 0.3 is 0 Å². The van der Waals surface area contributed by atoms with Gasteiger partial charge in [-0.1, -0.05) is 6.07 Å². The van der Waals surface area contributed by atoms with E-state index in [1.807, 2.05) is 43.5 Å². The summed E-state index contributed by atoms with van der Waals surface area (Å²) in [7, 11) is 0. The minimum atomic E-state index is -0.0789. The molecule has 0 fully saturated rings. The van der Waals surface area contributed by atoms with Crippen LogP contribution in [0.25, 0.3) is 10.9 Å². The molecular weight excluding hydrogens is 250 g/mol. The molecule has 0 aliphatic rings. The molecule has 3 aromatic rings. The second kappa shape index (κ2) is 5.17. The van der Waals surface area contributed by atoms with Gasteiger partial charge in [-0.3, -0.25) is 9.78 Å². The number of carbonyl (C=O) groups is 1. The predicted molar refractivity (Wildman–Crippen MR) is 78.4 cm³/mol. The summed E-state index contributed by atoms with van der Waals surface area (Å²) in [5.74, 6) is -0.0789. The third kappa shape index (κ3) is 2.40. The minimum absolute atomic E-state index is 0.0789. The largest absolute Gasteiger partial charge is 0.361 e. The number of hydrogen-bond donors (Lipinski definition) is 2. The van der Waals surface area contributed by atoms with Crippen molar-refractivity contribution in [3.63, 3.8) is 0 Å². The molecule has 2 heterocycles. The van der Waals surface area contributed by atoms with Crippen molar-refractivity contribution < 1.29 is 4.79 Å². The molecule has 4 nitrogen and oxygen atoms in total. The fraction of sp³-hybridized carbons (Fsp3) is 0.125. The normalized spacial score (nSPS) is 10.7. The Morgan fingerprint density at radius 3 is 3.05 bits per heavy atom. The van der Waals surface area contributed by atoms with E-state index < -0.39 is 0 Å². The molecule has 3 rings (SSSR count). The van der Waals surface area contributed by atoms with E-state index in [9.17, 15) is 4.79 Å². The van der Waals surface area contributed by atoms with E-state index in [0.29, 0.717) is 12.1 Å². The van der Waals surface area contributed by atoms with Crippen LogP contribution in [0.3, 0.4) is 0 Å². The number of amides is 1. The lowest BCUT2D eigenvalue weighted by molar-refractivity contribution is 0.0951. The Bertz CT molecular complexity index is 761. The molecule has 100 valence electrons. The van der Waals surface area contributed by atoms with Crippen LogP contribution in [0.1, 0.15) is 21.5 Å². The van der Waals surface area contributed by atoms with Gasteiger partial charge in [-0.15, -0.1) is 0 Å². The van der Waals surface area contributed by atoms with Gasteiger partial charge in [0.25, 0.3) is 5.91 Å². The summed E-state index contributed by atoms with van der Waals surface area (Å²) in [5.41, 5.74) is 3.78. The molecule has 0 unspecified atom stereocenters. The van der Waals surface area contributed by atoms with Gasteiger partial charge in [0.15, 0.2) is 0 Å². The lowest BCUT2D eigenvalue weighted by Crippen LogP contribution is -2.23. The van der Waals surface area contributed by atoms with Crippen LogP contribution in [0.4, 0.5) is 0 Å². The zero-order valence-corrected chi connectivity index (χ0v) is 11.2. The molecular formula is C16H15N3O. The zero-order valence-electron chi connectivity index (χ0n) is 11.2. The fourth-order valence-electron chi connectivity index (χ4n) is 2.15. The number of pyridine rings is 1. The number of H-pyrrole nitrogens is 1. The van der Waals surface area contributed by atoms with Crippen LogP contribution in [0.2, 0.25) is 0 Å². The van der Waals surface area contributed by atoms with Gasteiger partial charge in [0.2, 0.25) is 0 Å². The maximum absolute atomic E-state index is 12.1. The number of benzene rings is 1. The molecule has 0 bridgehead atoms. The van der Waals surface area contributed by atoms with Crippen LogP contribution in [0, 0.1) is 6.92 Å². The Kier molecular flexibility index (Phi) is 3.21. The van der Waals surface area contributed by atoms with Crippen molar-refractivity contribution >= 4 is 16.8 Å². The van der Waals surface area contributed by atoms with Gasteiger partial charge in [0.1, 0.15) is 0 Å². The van der Waals surface area contributed by atoms with Gasteiger partial charge in [-0.05, 0) is 47.7 Å². The highest BCUT2D eigenvalue weighted by Crippen LogP contribution is 2.14. The molecule has 0 aliphatic heterocycles. The van der Waals surface area contributed by atoms with E-state index in [1.54, 1.807) is 12.4 Å². The average molecular weight is 265 g/mol. The third-order valence-electron chi connectivity index (χ3n) is 3.40. The number of aryl methyl sites for hydroxylation is 1. The number of aromatic nitrogens is 2. The standard InChI is InChI=1S/C16H15N3O/c1-11-4-6-17-9-14(11)10-19-16(20)13-3-2-12-5-7-18-15(12)8-13/h2-9,18H,10H2,1H3,(H,19,20). The molecule has 0 spiro atoms. The highest BCUT2D eigenvalue weighted by molar-refractivity contribution is 5.97. The summed E-state index contributed by atoms with van der Waals surface area (Å²) in [6.07, 6.45) is 5.40. The quantitative estimate of drug-likeness (QED) is 0.765. The van der Waals surface area contributed by atoms with E-state index in [4.69, 9.17) is 0 Å².